The summed E-state index contributed by atoms with van der Waals surface area (Å²) in [5.41, 5.74) is 6.45. The van der Waals surface area contributed by atoms with E-state index in [-0.39, 0.29) is 10.6 Å². The van der Waals surface area contributed by atoms with E-state index in [0.717, 1.165) is 5.69 Å². The van der Waals surface area contributed by atoms with E-state index >= 15 is 0 Å². The quantitative estimate of drug-likeness (QED) is 0.645. The first-order chi connectivity index (χ1) is 7.71. The number of sulfonamides is 1. The molecule has 6 nitrogen and oxygen atoms in total. The Balaban J connectivity index is 3.05. The van der Waals surface area contributed by atoms with Crippen molar-refractivity contribution in [3.63, 3.8) is 0 Å². The number of nitrogens with zero attached hydrogens (tertiary/aromatic N) is 1. The highest BCUT2D eigenvalue weighted by atomic mass is 32.2. The molecule has 0 bridgehead atoms. The van der Waals surface area contributed by atoms with Crippen molar-refractivity contribution in [1.82, 2.24) is 0 Å². The van der Waals surface area contributed by atoms with Gasteiger partial charge in [0.05, 0.1) is 11.8 Å². The van der Waals surface area contributed by atoms with Gasteiger partial charge >= 0.3 is 0 Å². The molecule has 0 aliphatic heterocycles. The predicted octanol–water partition coefficient (Wildman–Crippen LogP) is -0.267. The molecule has 0 aliphatic rings. The fourth-order valence-electron chi connectivity index (χ4n) is 1.53. The summed E-state index contributed by atoms with van der Waals surface area (Å²) in [5.74, 6) is 0. The molecule has 1 aromatic carbocycles. The molecule has 0 amide bonds. The van der Waals surface area contributed by atoms with Gasteiger partial charge in [0.15, 0.2) is 0 Å². The Bertz CT molecular complexity index is 500. The zero-order valence-corrected chi connectivity index (χ0v) is 10.6. The predicted molar refractivity (Wildman–Crippen MR) is 67.2 cm³/mol. The lowest BCUT2D eigenvalue weighted by molar-refractivity contribution is 0.201. The number of anilines is 2. The van der Waals surface area contributed by atoms with Crippen LogP contribution in [0.1, 0.15) is 6.92 Å². The van der Waals surface area contributed by atoms with Gasteiger partial charge in [0, 0.05) is 19.3 Å². The molecule has 1 atom stereocenters. The van der Waals surface area contributed by atoms with Gasteiger partial charge in [0.25, 0.3) is 0 Å². The molecule has 0 radical (unpaired) electrons. The molecule has 0 spiro atoms. The minimum Gasteiger partial charge on any atom is -0.398 e. The van der Waals surface area contributed by atoms with E-state index in [1.54, 1.807) is 24.9 Å². The summed E-state index contributed by atoms with van der Waals surface area (Å²) in [6, 6.07) is 4.47. The van der Waals surface area contributed by atoms with E-state index in [9.17, 15) is 13.5 Å². The topological polar surface area (TPSA) is 110 Å². The number of nitrogen functional groups attached to an aromatic ring is 1. The van der Waals surface area contributed by atoms with Crippen molar-refractivity contribution < 1.29 is 13.5 Å². The molecule has 1 rings (SSSR count). The Morgan fingerprint density at radius 3 is 2.47 bits per heavy atom. The molecule has 0 heterocycles. The summed E-state index contributed by atoms with van der Waals surface area (Å²) in [6.07, 6.45) is -0.487. The third-order valence-corrected chi connectivity index (χ3v) is 3.26. The van der Waals surface area contributed by atoms with Crippen LogP contribution in [0.3, 0.4) is 0 Å². The molecule has 0 fully saturated rings. The van der Waals surface area contributed by atoms with Crippen molar-refractivity contribution in [3.8, 4) is 0 Å². The number of aliphatic hydroxyl groups is 1. The molecule has 0 saturated heterocycles. The van der Waals surface area contributed by atoms with Gasteiger partial charge in [-0.3, -0.25) is 0 Å². The maximum Gasteiger partial charge on any atom is 0.240 e. The minimum atomic E-state index is -3.79. The van der Waals surface area contributed by atoms with Crippen LogP contribution in [0, 0.1) is 0 Å². The molecule has 0 saturated carbocycles. The zero-order valence-electron chi connectivity index (χ0n) is 9.79. The highest BCUT2D eigenvalue weighted by Crippen LogP contribution is 2.23. The van der Waals surface area contributed by atoms with Gasteiger partial charge in [-0.25, -0.2) is 13.6 Å². The highest BCUT2D eigenvalue weighted by molar-refractivity contribution is 7.89. The summed E-state index contributed by atoms with van der Waals surface area (Å²) < 4.78 is 22.3. The van der Waals surface area contributed by atoms with Crippen LogP contribution in [-0.2, 0) is 10.0 Å². The van der Waals surface area contributed by atoms with Crippen LogP contribution >= 0.6 is 0 Å². The number of hydrogen-bond acceptors (Lipinski definition) is 5. The van der Waals surface area contributed by atoms with E-state index in [1.807, 2.05) is 0 Å². The van der Waals surface area contributed by atoms with Crippen molar-refractivity contribution >= 4 is 21.4 Å². The normalized spacial score (nSPS) is 13.4. The number of benzene rings is 1. The van der Waals surface area contributed by atoms with Crippen molar-refractivity contribution in [2.24, 2.45) is 5.14 Å². The van der Waals surface area contributed by atoms with Crippen LogP contribution < -0.4 is 15.8 Å². The van der Waals surface area contributed by atoms with Crippen LogP contribution in [-0.4, -0.2) is 33.2 Å². The number of primary sulfonamides is 1. The average Bonchev–Trinajstić information content (AvgIpc) is 2.14. The molecular weight excluding hydrogens is 242 g/mol. The van der Waals surface area contributed by atoms with Gasteiger partial charge in [-0.1, -0.05) is 0 Å². The number of rotatable bonds is 4. The Morgan fingerprint density at radius 1 is 1.47 bits per heavy atom. The number of nitrogens with two attached hydrogens (primary N) is 2. The lowest BCUT2D eigenvalue weighted by atomic mass is 10.2. The van der Waals surface area contributed by atoms with Gasteiger partial charge in [-0.15, -0.1) is 0 Å². The number of likely N-dealkylation sites (N-methyl/N-ethyl adjacent to an activating group) is 1. The maximum absolute atomic E-state index is 11.2. The fourth-order valence-corrected chi connectivity index (χ4v) is 2.18. The highest BCUT2D eigenvalue weighted by Gasteiger charge is 2.13. The first-order valence-corrected chi connectivity index (χ1v) is 6.58. The van der Waals surface area contributed by atoms with Gasteiger partial charge in [0.1, 0.15) is 4.90 Å². The van der Waals surface area contributed by atoms with E-state index < -0.39 is 16.1 Å². The standard InChI is InChI=1S/C10H17N3O3S/c1-7(14)6-13(2)8-3-4-10(9(11)5-8)17(12,15)16/h3-5,7,14H,6,11H2,1-2H3,(H2,12,15,16). The lowest BCUT2D eigenvalue weighted by Crippen LogP contribution is -2.27. The van der Waals surface area contributed by atoms with Gasteiger partial charge in [-0.2, -0.15) is 0 Å². The third-order valence-electron chi connectivity index (χ3n) is 2.28. The summed E-state index contributed by atoms with van der Waals surface area (Å²) in [4.78, 5) is 1.68. The third kappa shape index (κ3) is 3.58. The Labute approximate surface area is 101 Å². The Hall–Kier alpha value is -1.31. The molecule has 1 aromatic rings. The van der Waals surface area contributed by atoms with E-state index in [1.165, 1.54) is 12.1 Å². The van der Waals surface area contributed by atoms with Gasteiger partial charge in [0.2, 0.25) is 10.0 Å². The zero-order chi connectivity index (χ0) is 13.2. The first-order valence-electron chi connectivity index (χ1n) is 5.03. The summed E-state index contributed by atoms with van der Waals surface area (Å²) in [7, 11) is -2.02. The lowest BCUT2D eigenvalue weighted by Gasteiger charge is -2.21. The fraction of sp³-hybridized carbons (Fsp3) is 0.400. The smallest absolute Gasteiger partial charge is 0.240 e. The molecule has 0 aromatic heterocycles. The van der Waals surface area contributed by atoms with E-state index in [0.29, 0.717) is 6.54 Å². The van der Waals surface area contributed by atoms with Crippen molar-refractivity contribution in [1.29, 1.82) is 0 Å². The molecule has 96 valence electrons. The van der Waals surface area contributed by atoms with Crippen LogP contribution in [0.25, 0.3) is 0 Å². The molecule has 17 heavy (non-hydrogen) atoms. The second kappa shape index (κ2) is 4.91. The van der Waals surface area contributed by atoms with Crippen LogP contribution in [0.4, 0.5) is 11.4 Å². The van der Waals surface area contributed by atoms with Crippen LogP contribution in [0.2, 0.25) is 0 Å². The molecule has 0 aliphatic carbocycles. The Kier molecular flexibility index (Phi) is 3.97. The number of aliphatic hydroxyl groups excluding tert-OH is 1. The average molecular weight is 259 g/mol. The summed E-state index contributed by atoms with van der Waals surface area (Å²) in [6.45, 7) is 2.09. The van der Waals surface area contributed by atoms with Crippen molar-refractivity contribution in [3.05, 3.63) is 18.2 Å². The van der Waals surface area contributed by atoms with Crippen LogP contribution in [0.5, 0.6) is 0 Å². The first kappa shape index (κ1) is 13.8. The monoisotopic (exact) mass is 259 g/mol. The van der Waals surface area contributed by atoms with E-state index in [2.05, 4.69) is 0 Å². The molecule has 1 unspecified atom stereocenters. The van der Waals surface area contributed by atoms with Gasteiger partial charge in [-0.05, 0) is 25.1 Å². The Morgan fingerprint density at radius 2 is 2.06 bits per heavy atom. The van der Waals surface area contributed by atoms with E-state index in [4.69, 9.17) is 10.9 Å². The second-order valence-electron chi connectivity index (χ2n) is 4.00. The summed E-state index contributed by atoms with van der Waals surface area (Å²) >= 11 is 0. The van der Waals surface area contributed by atoms with Gasteiger partial charge < -0.3 is 15.7 Å². The van der Waals surface area contributed by atoms with Crippen LogP contribution in [0.15, 0.2) is 23.1 Å². The molecular formula is C10H17N3O3S. The van der Waals surface area contributed by atoms with Crippen molar-refractivity contribution in [2.75, 3.05) is 24.2 Å². The minimum absolute atomic E-state index is 0.0910. The largest absolute Gasteiger partial charge is 0.398 e. The van der Waals surface area contributed by atoms with Crippen molar-refractivity contribution in [2.45, 2.75) is 17.9 Å². The molecule has 5 N–H and O–H groups in total. The second-order valence-corrected chi connectivity index (χ2v) is 5.53. The summed E-state index contributed by atoms with van der Waals surface area (Å²) in [5, 5.41) is 14.3. The SMILES string of the molecule is CC(O)CN(C)c1ccc(S(N)(=O)=O)c(N)c1. The maximum atomic E-state index is 11.2. The molecule has 7 heteroatoms. The number of hydrogen-bond donors (Lipinski definition) is 3.